The number of aromatic nitrogens is 1. The summed E-state index contributed by atoms with van der Waals surface area (Å²) in [5, 5.41) is 0.999. The summed E-state index contributed by atoms with van der Waals surface area (Å²) in [6, 6.07) is 9.55. The van der Waals surface area contributed by atoms with E-state index in [4.69, 9.17) is 28.9 Å². The van der Waals surface area contributed by atoms with E-state index in [0.29, 0.717) is 15.7 Å². The Bertz CT molecular complexity index is 601. The Morgan fingerprint density at radius 1 is 1.10 bits per heavy atom. The minimum atomic E-state index is -0.353. The molecule has 0 radical (unpaired) electrons. The van der Waals surface area contributed by atoms with Gasteiger partial charge in [0.05, 0.1) is 21.8 Å². The second-order valence-electron chi connectivity index (χ2n) is 5.87. The van der Waals surface area contributed by atoms with Crippen LogP contribution in [0.2, 0.25) is 10.0 Å². The Morgan fingerprint density at radius 2 is 1.70 bits per heavy atom. The molecule has 4 heteroatoms. The van der Waals surface area contributed by atoms with Crippen LogP contribution in [0.1, 0.15) is 43.6 Å². The maximum atomic E-state index is 6.24. The van der Waals surface area contributed by atoms with Crippen molar-refractivity contribution in [1.29, 1.82) is 0 Å². The molecule has 2 aromatic rings. The molecule has 2 rings (SSSR count). The molecule has 106 valence electrons. The van der Waals surface area contributed by atoms with Gasteiger partial charge in [-0.2, -0.15) is 0 Å². The molecule has 0 aliphatic rings. The Labute approximate surface area is 129 Å². The van der Waals surface area contributed by atoms with Gasteiger partial charge in [-0.25, -0.2) is 0 Å². The van der Waals surface area contributed by atoms with Crippen molar-refractivity contribution in [3.63, 3.8) is 0 Å². The molecule has 1 aromatic carbocycles. The van der Waals surface area contributed by atoms with Gasteiger partial charge in [0.2, 0.25) is 0 Å². The Balaban J connectivity index is 2.31. The Hall–Kier alpha value is -1.09. The van der Waals surface area contributed by atoms with Gasteiger partial charge in [-0.05, 0) is 22.6 Å². The van der Waals surface area contributed by atoms with Gasteiger partial charge >= 0.3 is 0 Å². The first-order valence-corrected chi connectivity index (χ1v) is 7.21. The van der Waals surface area contributed by atoms with Crippen LogP contribution in [0.5, 0.6) is 0 Å². The number of halogens is 2. The van der Waals surface area contributed by atoms with Crippen molar-refractivity contribution in [2.45, 2.75) is 32.2 Å². The minimum Gasteiger partial charge on any atom is -0.319 e. The lowest BCUT2D eigenvalue weighted by molar-refractivity contribution is 0.589. The lowest BCUT2D eigenvalue weighted by atomic mass is 9.86. The molecule has 0 bridgehead atoms. The molecule has 1 unspecified atom stereocenters. The topological polar surface area (TPSA) is 38.9 Å². The third kappa shape index (κ3) is 3.32. The number of hydrogen-bond donors (Lipinski definition) is 1. The van der Waals surface area contributed by atoms with E-state index in [1.54, 1.807) is 12.3 Å². The van der Waals surface area contributed by atoms with Gasteiger partial charge in [-0.3, -0.25) is 4.98 Å². The molecule has 1 atom stereocenters. The molecule has 0 aliphatic carbocycles. The lowest BCUT2D eigenvalue weighted by Gasteiger charge is -2.20. The average Bonchev–Trinajstić information content (AvgIpc) is 2.37. The summed E-state index contributed by atoms with van der Waals surface area (Å²) in [5.74, 6) is 0. The van der Waals surface area contributed by atoms with Crippen LogP contribution in [0, 0.1) is 0 Å². The summed E-state index contributed by atoms with van der Waals surface area (Å²) in [6.07, 6.45) is 1.56. The first kappa shape index (κ1) is 15.3. The van der Waals surface area contributed by atoms with Crippen LogP contribution in [-0.4, -0.2) is 4.98 Å². The molecule has 2 nitrogen and oxygen atoms in total. The summed E-state index contributed by atoms with van der Waals surface area (Å²) < 4.78 is 0. The average molecular weight is 309 g/mol. The van der Waals surface area contributed by atoms with E-state index < -0.39 is 0 Å². The van der Waals surface area contributed by atoms with Crippen LogP contribution in [0.25, 0.3) is 0 Å². The van der Waals surface area contributed by atoms with E-state index in [0.717, 1.165) is 5.56 Å². The highest BCUT2D eigenvalue weighted by Crippen LogP contribution is 2.28. The van der Waals surface area contributed by atoms with Gasteiger partial charge < -0.3 is 5.73 Å². The van der Waals surface area contributed by atoms with Crippen LogP contribution in [-0.2, 0) is 5.41 Å². The maximum Gasteiger partial charge on any atom is 0.0803 e. The van der Waals surface area contributed by atoms with E-state index in [1.807, 2.05) is 12.1 Å². The molecule has 0 saturated carbocycles. The van der Waals surface area contributed by atoms with E-state index in [2.05, 4.69) is 37.9 Å². The normalized spacial score (nSPS) is 13.3. The first-order valence-electron chi connectivity index (χ1n) is 6.46. The van der Waals surface area contributed by atoms with E-state index in [9.17, 15) is 0 Å². The first-order chi connectivity index (χ1) is 9.29. The molecular formula is C16H18Cl2N2. The molecule has 0 amide bonds. The number of benzene rings is 1. The quantitative estimate of drug-likeness (QED) is 0.870. The second-order valence-corrected chi connectivity index (χ2v) is 6.71. The van der Waals surface area contributed by atoms with E-state index >= 15 is 0 Å². The van der Waals surface area contributed by atoms with Gasteiger partial charge in [-0.1, -0.05) is 68.2 Å². The molecule has 0 saturated heterocycles. The lowest BCUT2D eigenvalue weighted by Crippen LogP contribution is -2.15. The number of rotatable bonds is 2. The van der Waals surface area contributed by atoms with Gasteiger partial charge in [-0.15, -0.1) is 0 Å². The van der Waals surface area contributed by atoms with Gasteiger partial charge in [0.25, 0.3) is 0 Å². The number of hydrogen-bond acceptors (Lipinski definition) is 2. The van der Waals surface area contributed by atoms with Crippen molar-refractivity contribution >= 4 is 23.2 Å². The molecule has 2 N–H and O–H groups in total. The molecule has 1 heterocycles. The molecule has 0 spiro atoms. The van der Waals surface area contributed by atoms with E-state index in [-0.39, 0.29) is 11.5 Å². The predicted octanol–water partition coefficient (Wildman–Crippen LogP) is 4.73. The molecule has 20 heavy (non-hydrogen) atoms. The summed E-state index contributed by atoms with van der Waals surface area (Å²) in [4.78, 5) is 4.24. The maximum absolute atomic E-state index is 6.24. The third-order valence-corrected chi connectivity index (χ3v) is 3.78. The van der Waals surface area contributed by atoms with E-state index in [1.165, 1.54) is 5.56 Å². The third-order valence-electron chi connectivity index (χ3n) is 3.27. The fourth-order valence-corrected chi connectivity index (χ4v) is 2.50. The zero-order valence-electron chi connectivity index (χ0n) is 11.8. The highest BCUT2D eigenvalue weighted by molar-refractivity contribution is 6.34. The Kier molecular flexibility index (Phi) is 4.38. The van der Waals surface area contributed by atoms with Crippen molar-refractivity contribution in [2.75, 3.05) is 0 Å². The summed E-state index contributed by atoms with van der Waals surface area (Å²) in [6.45, 7) is 6.54. The summed E-state index contributed by atoms with van der Waals surface area (Å²) in [5.41, 5.74) is 9.25. The van der Waals surface area contributed by atoms with Crippen molar-refractivity contribution in [2.24, 2.45) is 5.73 Å². The molecule has 0 aliphatic heterocycles. The molecular weight excluding hydrogens is 291 g/mol. The molecule has 0 fully saturated rings. The Morgan fingerprint density at radius 3 is 2.20 bits per heavy atom. The van der Waals surface area contributed by atoms with Crippen molar-refractivity contribution < 1.29 is 0 Å². The van der Waals surface area contributed by atoms with Crippen LogP contribution < -0.4 is 5.73 Å². The number of nitrogens with zero attached hydrogens (tertiary/aromatic N) is 1. The van der Waals surface area contributed by atoms with Gasteiger partial charge in [0, 0.05) is 6.20 Å². The second kappa shape index (κ2) is 5.72. The standard InChI is InChI=1S/C16H18Cl2N2/c1-16(2,3)11-6-4-10(5-7-11)14(19)15-13(18)8-12(17)9-20-15/h4-9,14H,19H2,1-3H3. The highest BCUT2D eigenvalue weighted by Gasteiger charge is 2.17. The van der Waals surface area contributed by atoms with Gasteiger partial charge in [0.1, 0.15) is 0 Å². The largest absolute Gasteiger partial charge is 0.319 e. The predicted molar refractivity (Wildman–Crippen MR) is 85.4 cm³/mol. The van der Waals surface area contributed by atoms with Crippen LogP contribution >= 0.6 is 23.2 Å². The van der Waals surface area contributed by atoms with Crippen molar-refractivity contribution in [1.82, 2.24) is 4.98 Å². The van der Waals surface area contributed by atoms with Crippen molar-refractivity contribution in [3.8, 4) is 0 Å². The highest BCUT2D eigenvalue weighted by atomic mass is 35.5. The fraction of sp³-hybridized carbons (Fsp3) is 0.312. The summed E-state index contributed by atoms with van der Waals surface area (Å²) >= 11 is 12.0. The SMILES string of the molecule is CC(C)(C)c1ccc(C(N)c2ncc(Cl)cc2Cl)cc1. The monoisotopic (exact) mass is 308 g/mol. The fourth-order valence-electron chi connectivity index (χ4n) is 2.00. The molecule has 1 aromatic heterocycles. The zero-order valence-corrected chi connectivity index (χ0v) is 13.3. The van der Waals surface area contributed by atoms with Crippen LogP contribution in [0.3, 0.4) is 0 Å². The van der Waals surface area contributed by atoms with Crippen molar-refractivity contribution in [3.05, 3.63) is 63.4 Å². The summed E-state index contributed by atoms with van der Waals surface area (Å²) in [7, 11) is 0. The van der Waals surface area contributed by atoms with Crippen LogP contribution in [0.15, 0.2) is 36.5 Å². The smallest absolute Gasteiger partial charge is 0.0803 e. The van der Waals surface area contributed by atoms with Gasteiger partial charge in [0.15, 0.2) is 0 Å². The minimum absolute atomic E-state index is 0.124. The zero-order chi connectivity index (χ0) is 14.9. The number of nitrogens with two attached hydrogens (primary N) is 1. The number of pyridine rings is 1. The van der Waals surface area contributed by atoms with Crippen LogP contribution in [0.4, 0.5) is 0 Å².